The molecule has 3 N–H and O–H groups in total. The summed E-state index contributed by atoms with van der Waals surface area (Å²) in [5, 5.41) is 17.3. The van der Waals surface area contributed by atoms with Crippen molar-refractivity contribution in [3.63, 3.8) is 0 Å². The molecule has 1 saturated heterocycles. The lowest BCUT2D eigenvalue weighted by Crippen LogP contribution is -2.42. The van der Waals surface area contributed by atoms with E-state index in [1.165, 1.54) is 0 Å². The monoisotopic (exact) mass is 226 g/mol. The number of nitrogens with one attached hydrogen (secondary N) is 2. The van der Waals surface area contributed by atoms with Crippen molar-refractivity contribution in [2.24, 2.45) is 0 Å². The van der Waals surface area contributed by atoms with E-state index < -0.39 is 0 Å². The molecule has 0 spiro atoms. The van der Waals surface area contributed by atoms with Gasteiger partial charge in [-0.15, -0.1) is 0 Å². The van der Waals surface area contributed by atoms with Gasteiger partial charge in [-0.2, -0.15) is 0 Å². The molecule has 3 nitrogen and oxygen atoms in total. The molecule has 0 amide bonds. The second-order valence-corrected chi connectivity index (χ2v) is 4.31. The number of phenolic OH excluding ortho intramolecular Hbond substituents is 1. The molecule has 1 fully saturated rings. The van der Waals surface area contributed by atoms with E-state index in [0.29, 0.717) is 10.8 Å². The number of aromatic hydroxyl groups is 1. The molecule has 15 heavy (non-hydrogen) atoms. The zero-order valence-corrected chi connectivity index (χ0v) is 9.43. The van der Waals surface area contributed by atoms with Gasteiger partial charge in [0.2, 0.25) is 0 Å². The van der Waals surface area contributed by atoms with Crippen LogP contribution in [-0.2, 0) is 0 Å². The van der Waals surface area contributed by atoms with Crippen LogP contribution < -0.4 is 10.6 Å². The summed E-state index contributed by atoms with van der Waals surface area (Å²) in [6, 6.07) is 3.75. The molecule has 0 saturated carbocycles. The topological polar surface area (TPSA) is 44.3 Å². The second kappa shape index (κ2) is 4.39. The first-order chi connectivity index (χ1) is 7.18. The van der Waals surface area contributed by atoms with Gasteiger partial charge < -0.3 is 15.7 Å². The summed E-state index contributed by atoms with van der Waals surface area (Å²) in [5.74, 6) is 0.348. The van der Waals surface area contributed by atoms with Crippen LogP contribution in [0.5, 0.6) is 5.75 Å². The Hall–Kier alpha value is -0.770. The van der Waals surface area contributed by atoms with Gasteiger partial charge in [0.05, 0.1) is 0 Å². The van der Waals surface area contributed by atoms with Crippen LogP contribution in [0.4, 0.5) is 0 Å². The maximum Gasteiger partial charge on any atom is 0.123 e. The van der Waals surface area contributed by atoms with Crippen molar-refractivity contribution in [3.05, 3.63) is 28.3 Å². The molecule has 2 rings (SSSR count). The first-order valence-electron chi connectivity index (χ1n) is 5.11. The van der Waals surface area contributed by atoms with Gasteiger partial charge in [-0.25, -0.2) is 0 Å². The molecular formula is C11H15ClN2O. The standard InChI is InChI=1S/C11H15ClN2O/c1-7-4-8(12)5-9(11(7)15)10-6-13-2-3-14-10/h4-5,10,13-15H,2-3,6H2,1H3/t10-/m1/s1. The van der Waals surface area contributed by atoms with Crippen molar-refractivity contribution in [1.82, 2.24) is 10.6 Å². The quantitative estimate of drug-likeness (QED) is 0.682. The van der Waals surface area contributed by atoms with Crippen LogP contribution in [0.3, 0.4) is 0 Å². The van der Waals surface area contributed by atoms with E-state index in [-0.39, 0.29) is 6.04 Å². The Balaban J connectivity index is 2.33. The van der Waals surface area contributed by atoms with Crippen molar-refractivity contribution in [3.8, 4) is 5.75 Å². The van der Waals surface area contributed by atoms with Gasteiger partial charge in [-0.1, -0.05) is 11.6 Å². The van der Waals surface area contributed by atoms with Crippen molar-refractivity contribution < 1.29 is 5.11 Å². The van der Waals surface area contributed by atoms with Gasteiger partial charge in [0.15, 0.2) is 0 Å². The van der Waals surface area contributed by atoms with Gasteiger partial charge >= 0.3 is 0 Å². The summed E-state index contributed by atoms with van der Waals surface area (Å²) in [6.45, 7) is 4.57. The third-order valence-electron chi connectivity index (χ3n) is 2.71. The lowest BCUT2D eigenvalue weighted by atomic mass is 10.0. The summed E-state index contributed by atoms with van der Waals surface area (Å²) in [6.07, 6.45) is 0. The van der Waals surface area contributed by atoms with Gasteiger partial charge in [-0.3, -0.25) is 0 Å². The summed E-state index contributed by atoms with van der Waals surface area (Å²) in [7, 11) is 0. The van der Waals surface area contributed by atoms with E-state index in [4.69, 9.17) is 11.6 Å². The highest BCUT2D eigenvalue weighted by atomic mass is 35.5. The SMILES string of the molecule is Cc1cc(Cl)cc([C@H]2CNCCN2)c1O. The highest BCUT2D eigenvalue weighted by Gasteiger charge is 2.19. The first-order valence-corrected chi connectivity index (χ1v) is 5.49. The number of hydrogen-bond acceptors (Lipinski definition) is 3. The van der Waals surface area contributed by atoms with Crippen molar-refractivity contribution in [1.29, 1.82) is 0 Å². The van der Waals surface area contributed by atoms with Crippen molar-refractivity contribution in [2.45, 2.75) is 13.0 Å². The fourth-order valence-corrected chi connectivity index (χ4v) is 2.18. The molecule has 0 bridgehead atoms. The fraction of sp³-hybridized carbons (Fsp3) is 0.455. The number of hydrogen-bond donors (Lipinski definition) is 3. The normalized spacial score (nSPS) is 21.6. The van der Waals surface area contributed by atoms with Crippen LogP contribution in [0.1, 0.15) is 17.2 Å². The summed E-state index contributed by atoms with van der Waals surface area (Å²) >= 11 is 5.98. The van der Waals surface area contributed by atoms with Crippen LogP contribution in [0.2, 0.25) is 5.02 Å². The molecule has 1 aliphatic heterocycles. The second-order valence-electron chi connectivity index (χ2n) is 3.87. The molecule has 0 unspecified atom stereocenters. The van der Waals surface area contributed by atoms with Crippen molar-refractivity contribution >= 4 is 11.6 Å². The maximum absolute atomic E-state index is 9.95. The highest BCUT2D eigenvalue weighted by molar-refractivity contribution is 6.30. The van der Waals surface area contributed by atoms with E-state index in [9.17, 15) is 5.11 Å². The number of aryl methyl sites for hydroxylation is 1. The minimum absolute atomic E-state index is 0.149. The zero-order chi connectivity index (χ0) is 10.8. The molecule has 0 aliphatic carbocycles. The molecule has 1 atom stereocenters. The van der Waals surface area contributed by atoms with E-state index in [0.717, 1.165) is 30.8 Å². The molecule has 82 valence electrons. The van der Waals surface area contributed by atoms with Crippen LogP contribution in [-0.4, -0.2) is 24.7 Å². The molecule has 1 aromatic rings. The maximum atomic E-state index is 9.95. The molecule has 0 radical (unpaired) electrons. The molecule has 1 aromatic carbocycles. The largest absolute Gasteiger partial charge is 0.507 e. The molecule has 0 aromatic heterocycles. The third-order valence-corrected chi connectivity index (χ3v) is 2.93. The lowest BCUT2D eigenvalue weighted by Gasteiger charge is -2.26. The Morgan fingerprint density at radius 2 is 2.20 bits per heavy atom. The number of rotatable bonds is 1. The molecule has 4 heteroatoms. The smallest absolute Gasteiger partial charge is 0.123 e. The van der Waals surface area contributed by atoms with Gasteiger partial charge in [-0.05, 0) is 24.6 Å². The average Bonchev–Trinajstić information content (AvgIpc) is 2.24. The third kappa shape index (κ3) is 2.25. The Kier molecular flexibility index (Phi) is 3.14. The first kappa shape index (κ1) is 10.7. The van der Waals surface area contributed by atoms with Gasteiger partial charge in [0, 0.05) is 36.3 Å². The van der Waals surface area contributed by atoms with Crippen LogP contribution in [0.25, 0.3) is 0 Å². The van der Waals surface area contributed by atoms with E-state index in [2.05, 4.69) is 10.6 Å². The number of benzene rings is 1. The predicted molar refractivity (Wildman–Crippen MR) is 61.5 cm³/mol. The highest BCUT2D eigenvalue weighted by Crippen LogP contribution is 2.31. The number of halogens is 1. The molecular weight excluding hydrogens is 212 g/mol. The number of phenols is 1. The minimum atomic E-state index is 0.149. The van der Waals surface area contributed by atoms with Crippen LogP contribution in [0, 0.1) is 6.92 Å². The lowest BCUT2D eigenvalue weighted by molar-refractivity contribution is 0.403. The number of piperazine rings is 1. The Labute approximate surface area is 94.4 Å². The Morgan fingerprint density at radius 1 is 1.40 bits per heavy atom. The van der Waals surface area contributed by atoms with E-state index >= 15 is 0 Å². The Morgan fingerprint density at radius 3 is 2.87 bits per heavy atom. The summed E-state index contributed by atoms with van der Waals surface area (Å²) in [4.78, 5) is 0. The van der Waals surface area contributed by atoms with Crippen molar-refractivity contribution in [2.75, 3.05) is 19.6 Å². The van der Waals surface area contributed by atoms with Gasteiger partial charge in [0.25, 0.3) is 0 Å². The van der Waals surface area contributed by atoms with Crippen LogP contribution >= 0.6 is 11.6 Å². The van der Waals surface area contributed by atoms with E-state index in [1.54, 1.807) is 6.07 Å². The molecule has 1 heterocycles. The summed E-state index contributed by atoms with van der Waals surface area (Å²) < 4.78 is 0. The minimum Gasteiger partial charge on any atom is -0.507 e. The Bertz CT molecular complexity index is 362. The summed E-state index contributed by atoms with van der Waals surface area (Å²) in [5.41, 5.74) is 1.71. The molecule has 1 aliphatic rings. The predicted octanol–water partition coefficient (Wildman–Crippen LogP) is 1.59. The zero-order valence-electron chi connectivity index (χ0n) is 8.68. The average molecular weight is 227 g/mol. The van der Waals surface area contributed by atoms with E-state index in [1.807, 2.05) is 13.0 Å². The fourth-order valence-electron chi connectivity index (χ4n) is 1.90. The van der Waals surface area contributed by atoms with Crippen LogP contribution in [0.15, 0.2) is 12.1 Å². The van der Waals surface area contributed by atoms with Gasteiger partial charge in [0.1, 0.15) is 5.75 Å².